The van der Waals surface area contributed by atoms with E-state index in [0.717, 1.165) is 0 Å². The summed E-state index contributed by atoms with van der Waals surface area (Å²) in [6, 6.07) is 6.40. The monoisotopic (exact) mass is 129 g/mol. The van der Waals surface area contributed by atoms with E-state index in [1.807, 2.05) is 0 Å². The molecular formula is C6H8FNO. The van der Waals surface area contributed by atoms with E-state index in [0.29, 0.717) is 5.69 Å². The van der Waals surface area contributed by atoms with E-state index in [1.165, 1.54) is 0 Å². The van der Waals surface area contributed by atoms with E-state index < -0.39 is 0 Å². The van der Waals surface area contributed by atoms with E-state index in [9.17, 15) is 0 Å². The van der Waals surface area contributed by atoms with Crippen LogP contribution in [0.5, 0.6) is 5.75 Å². The summed E-state index contributed by atoms with van der Waals surface area (Å²) in [5.74, 6) is 0.249. The van der Waals surface area contributed by atoms with E-state index in [1.54, 1.807) is 24.3 Å². The summed E-state index contributed by atoms with van der Waals surface area (Å²) in [5, 5.41) is 8.70. The highest BCUT2D eigenvalue weighted by Crippen LogP contribution is 2.09. The summed E-state index contributed by atoms with van der Waals surface area (Å²) in [4.78, 5) is 0. The van der Waals surface area contributed by atoms with Crippen molar-refractivity contribution in [3.8, 4) is 5.75 Å². The van der Waals surface area contributed by atoms with Gasteiger partial charge in [0.2, 0.25) is 0 Å². The van der Waals surface area contributed by atoms with Crippen molar-refractivity contribution >= 4 is 5.69 Å². The number of hydrogen-bond acceptors (Lipinski definition) is 2. The molecule has 2 nitrogen and oxygen atoms in total. The number of nitrogens with two attached hydrogens (primary N) is 1. The molecule has 3 heteroatoms. The summed E-state index contributed by atoms with van der Waals surface area (Å²) >= 11 is 0. The lowest BCUT2D eigenvalue weighted by molar-refractivity contribution is 0.475. The first-order chi connectivity index (χ1) is 3.79. The largest absolute Gasteiger partial charge is 0.508 e. The van der Waals surface area contributed by atoms with Crippen LogP contribution in [-0.2, 0) is 0 Å². The van der Waals surface area contributed by atoms with Crippen LogP contribution in [0.4, 0.5) is 10.4 Å². The minimum atomic E-state index is 0. The molecule has 0 saturated heterocycles. The summed E-state index contributed by atoms with van der Waals surface area (Å²) in [5.41, 5.74) is 5.98. The zero-order chi connectivity index (χ0) is 5.98. The Kier molecular flexibility index (Phi) is 2.51. The Bertz CT molecular complexity index is 152. The Morgan fingerprint density at radius 2 is 1.56 bits per heavy atom. The Balaban J connectivity index is 0.000000640. The van der Waals surface area contributed by atoms with Crippen LogP contribution >= 0.6 is 0 Å². The quantitative estimate of drug-likeness (QED) is 0.407. The van der Waals surface area contributed by atoms with Crippen LogP contribution in [0.15, 0.2) is 24.3 Å². The first-order valence-corrected chi connectivity index (χ1v) is 2.33. The van der Waals surface area contributed by atoms with Crippen LogP contribution in [0.25, 0.3) is 0 Å². The second kappa shape index (κ2) is 2.91. The number of phenolic OH excluding ortho intramolecular Hbond substituents is 1. The van der Waals surface area contributed by atoms with E-state index in [2.05, 4.69) is 0 Å². The van der Waals surface area contributed by atoms with Crippen LogP contribution in [-0.4, -0.2) is 5.11 Å². The molecule has 0 unspecified atom stereocenters. The predicted octanol–water partition coefficient (Wildman–Crippen LogP) is 1.13. The zero-order valence-electron chi connectivity index (χ0n) is 4.74. The Morgan fingerprint density at radius 1 is 1.11 bits per heavy atom. The van der Waals surface area contributed by atoms with Crippen molar-refractivity contribution in [3.63, 3.8) is 0 Å². The number of hydrogen-bond donors (Lipinski definition) is 2. The smallest absolute Gasteiger partial charge is 0.115 e. The fourth-order valence-corrected chi connectivity index (χ4v) is 0.474. The highest BCUT2D eigenvalue weighted by Gasteiger charge is 1.82. The van der Waals surface area contributed by atoms with Crippen LogP contribution in [0, 0.1) is 0 Å². The van der Waals surface area contributed by atoms with E-state index in [-0.39, 0.29) is 10.5 Å². The molecule has 0 amide bonds. The van der Waals surface area contributed by atoms with Gasteiger partial charge in [0.05, 0.1) is 0 Å². The van der Waals surface area contributed by atoms with Crippen LogP contribution in [0.2, 0.25) is 0 Å². The minimum Gasteiger partial charge on any atom is -0.508 e. The average molecular weight is 129 g/mol. The third kappa shape index (κ3) is 1.99. The van der Waals surface area contributed by atoms with Crippen molar-refractivity contribution < 1.29 is 9.81 Å². The molecule has 3 N–H and O–H groups in total. The third-order valence-electron chi connectivity index (χ3n) is 0.893. The van der Waals surface area contributed by atoms with Gasteiger partial charge in [-0.25, -0.2) is 0 Å². The van der Waals surface area contributed by atoms with Gasteiger partial charge in [-0.3, -0.25) is 4.70 Å². The van der Waals surface area contributed by atoms with Crippen LogP contribution in [0.1, 0.15) is 0 Å². The van der Waals surface area contributed by atoms with Gasteiger partial charge in [-0.05, 0) is 24.3 Å². The number of nitrogen functional groups attached to an aromatic ring is 1. The Labute approximate surface area is 52.3 Å². The molecule has 0 aliphatic rings. The maximum absolute atomic E-state index is 8.70. The Hall–Kier alpha value is -1.25. The lowest BCUT2D eigenvalue weighted by atomic mass is 10.3. The van der Waals surface area contributed by atoms with E-state index in [4.69, 9.17) is 10.8 Å². The molecule has 0 aliphatic heterocycles. The number of rotatable bonds is 0. The van der Waals surface area contributed by atoms with Gasteiger partial charge in [-0.2, -0.15) is 0 Å². The molecule has 0 bridgehead atoms. The lowest BCUT2D eigenvalue weighted by Gasteiger charge is -1.89. The Morgan fingerprint density at radius 3 is 1.89 bits per heavy atom. The summed E-state index contributed by atoms with van der Waals surface area (Å²) < 4.78 is 0. The zero-order valence-corrected chi connectivity index (χ0v) is 4.74. The molecule has 0 aliphatic carbocycles. The molecule has 50 valence electrons. The maximum Gasteiger partial charge on any atom is 0.115 e. The third-order valence-corrected chi connectivity index (χ3v) is 0.893. The molecule has 1 aromatic rings. The van der Waals surface area contributed by atoms with Crippen molar-refractivity contribution in [2.45, 2.75) is 0 Å². The van der Waals surface area contributed by atoms with Gasteiger partial charge in [0.25, 0.3) is 0 Å². The van der Waals surface area contributed by atoms with Crippen LogP contribution in [0.3, 0.4) is 0 Å². The number of phenols is 1. The average Bonchev–Trinajstić information content (AvgIpc) is 1.77. The van der Waals surface area contributed by atoms with Gasteiger partial charge in [-0.15, -0.1) is 0 Å². The van der Waals surface area contributed by atoms with Gasteiger partial charge in [0, 0.05) is 5.69 Å². The second-order valence-electron chi connectivity index (χ2n) is 1.59. The van der Waals surface area contributed by atoms with Gasteiger partial charge in [0.1, 0.15) is 5.75 Å². The van der Waals surface area contributed by atoms with E-state index >= 15 is 0 Å². The number of halogens is 1. The molecule has 1 rings (SSSR count). The summed E-state index contributed by atoms with van der Waals surface area (Å²) in [7, 11) is 0. The fraction of sp³-hybridized carbons (Fsp3) is 0. The first-order valence-electron chi connectivity index (χ1n) is 2.33. The van der Waals surface area contributed by atoms with Gasteiger partial charge < -0.3 is 10.8 Å². The standard InChI is InChI=1S/C6H7NO.FH/c7-5-1-3-6(8)4-2-5;/h1-4,8H,7H2;1H. The first kappa shape index (κ1) is 7.75. The van der Waals surface area contributed by atoms with Crippen molar-refractivity contribution in [2.24, 2.45) is 0 Å². The van der Waals surface area contributed by atoms with Crippen LogP contribution < -0.4 is 5.73 Å². The van der Waals surface area contributed by atoms with Gasteiger partial charge in [-0.1, -0.05) is 0 Å². The topological polar surface area (TPSA) is 46.2 Å². The van der Waals surface area contributed by atoms with Gasteiger partial charge in [0.15, 0.2) is 0 Å². The molecule has 1 aromatic carbocycles. The molecular weight excluding hydrogens is 121 g/mol. The van der Waals surface area contributed by atoms with Gasteiger partial charge >= 0.3 is 0 Å². The minimum absolute atomic E-state index is 0. The normalized spacial score (nSPS) is 8.00. The molecule has 0 atom stereocenters. The van der Waals surface area contributed by atoms with Crippen molar-refractivity contribution in [1.29, 1.82) is 0 Å². The van der Waals surface area contributed by atoms with Crippen molar-refractivity contribution in [2.75, 3.05) is 5.73 Å². The highest BCUT2D eigenvalue weighted by molar-refractivity contribution is 5.40. The molecule has 0 fully saturated rings. The second-order valence-corrected chi connectivity index (χ2v) is 1.59. The SMILES string of the molecule is F.Nc1ccc(O)cc1. The molecule has 9 heavy (non-hydrogen) atoms. The molecule has 0 saturated carbocycles. The van der Waals surface area contributed by atoms with Crippen molar-refractivity contribution in [1.82, 2.24) is 0 Å². The number of aromatic hydroxyl groups is 1. The number of benzene rings is 1. The number of anilines is 1. The molecule has 0 spiro atoms. The predicted molar refractivity (Wildman–Crippen MR) is 35.0 cm³/mol. The highest BCUT2D eigenvalue weighted by atomic mass is 19.0. The molecule has 0 heterocycles. The molecule has 0 radical (unpaired) electrons. The lowest BCUT2D eigenvalue weighted by Crippen LogP contribution is -1.80. The summed E-state index contributed by atoms with van der Waals surface area (Å²) in [6.07, 6.45) is 0. The summed E-state index contributed by atoms with van der Waals surface area (Å²) in [6.45, 7) is 0. The fourth-order valence-electron chi connectivity index (χ4n) is 0.474. The maximum atomic E-state index is 8.70. The van der Waals surface area contributed by atoms with Crippen molar-refractivity contribution in [3.05, 3.63) is 24.3 Å². The molecule has 0 aromatic heterocycles.